The number of amides is 2. The average Bonchev–Trinajstić information content (AvgIpc) is 3.46. The van der Waals surface area contributed by atoms with Gasteiger partial charge in [0.2, 0.25) is 5.91 Å². The molecular formula is C27H21ClF2N4O2S. The first-order chi connectivity index (χ1) is 17.8. The second-order valence-electron chi connectivity index (χ2n) is 8.73. The molecule has 0 radical (unpaired) electrons. The Kier molecular flexibility index (Phi) is 7.08. The molecule has 1 N–H and O–H groups in total. The van der Waals surface area contributed by atoms with Crippen molar-refractivity contribution in [1.82, 2.24) is 5.01 Å². The van der Waals surface area contributed by atoms with Crippen LogP contribution < -0.4 is 5.32 Å². The van der Waals surface area contributed by atoms with E-state index in [-0.39, 0.29) is 30.0 Å². The molecule has 3 aromatic carbocycles. The molecule has 2 aliphatic heterocycles. The van der Waals surface area contributed by atoms with E-state index in [1.54, 1.807) is 47.5 Å². The number of carbonyl (C=O) groups excluding carboxylic acids is 2. The van der Waals surface area contributed by atoms with Crippen LogP contribution in [0.1, 0.15) is 35.6 Å². The largest absolute Gasteiger partial charge is 0.326 e. The van der Waals surface area contributed by atoms with Gasteiger partial charge in [-0.3, -0.25) is 9.59 Å². The van der Waals surface area contributed by atoms with Gasteiger partial charge in [-0.25, -0.2) is 13.8 Å². The van der Waals surface area contributed by atoms with E-state index in [0.29, 0.717) is 28.0 Å². The molecule has 0 fully saturated rings. The zero-order valence-electron chi connectivity index (χ0n) is 19.6. The summed E-state index contributed by atoms with van der Waals surface area (Å²) in [6, 6.07) is 16.9. The van der Waals surface area contributed by atoms with Gasteiger partial charge >= 0.3 is 0 Å². The van der Waals surface area contributed by atoms with Crippen LogP contribution in [0.3, 0.4) is 0 Å². The zero-order chi connectivity index (χ0) is 26.1. The quantitative estimate of drug-likeness (QED) is 0.426. The Morgan fingerprint density at radius 2 is 1.76 bits per heavy atom. The molecule has 0 aromatic heterocycles. The molecule has 2 aliphatic rings. The van der Waals surface area contributed by atoms with E-state index in [2.05, 4.69) is 10.3 Å². The Labute approximate surface area is 221 Å². The van der Waals surface area contributed by atoms with Crippen molar-refractivity contribution < 1.29 is 18.4 Å². The van der Waals surface area contributed by atoms with E-state index in [0.717, 1.165) is 28.5 Å². The van der Waals surface area contributed by atoms with E-state index in [1.165, 1.54) is 24.3 Å². The van der Waals surface area contributed by atoms with Gasteiger partial charge in [0, 0.05) is 23.6 Å². The highest BCUT2D eigenvalue weighted by molar-refractivity contribution is 8.15. The van der Waals surface area contributed by atoms with Crippen molar-refractivity contribution in [3.63, 3.8) is 0 Å². The number of halogens is 3. The summed E-state index contributed by atoms with van der Waals surface area (Å²) < 4.78 is 27.0. The summed E-state index contributed by atoms with van der Waals surface area (Å²) in [5.41, 5.74) is 3.64. The number of benzene rings is 3. The van der Waals surface area contributed by atoms with Crippen LogP contribution in [0.25, 0.3) is 0 Å². The van der Waals surface area contributed by atoms with E-state index in [1.807, 2.05) is 6.92 Å². The topological polar surface area (TPSA) is 74.1 Å². The van der Waals surface area contributed by atoms with Crippen LogP contribution in [0.15, 0.2) is 76.8 Å². The highest BCUT2D eigenvalue weighted by Gasteiger charge is 2.39. The Hall–Kier alpha value is -3.56. The molecule has 0 saturated heterocycles. The summed E-state index contributed by atoms with van der Waals surface area (Å²) >= 11 is 7.29. The fourth-order valence-electron chi connectivity index (χ4n) is 4.10. The molecular weight excluding hydrogens is 518 g/mol. The van der Waals surface area contributed by atoms with E-state index < -0.39 is 11.2 Å². The van der Waals surface area contributed by atoms with E-state index in [4.69, 9.17) is 16.7 Å². The van der Waals surface area contributed by atoms with Crippen molar-refractivity contribution in [2.45, 2.75) is 31.1 Å². The number of anilines is 1. The van der Waals surface area contributed by atoms with Crippen LogP contribution in [0.2, 0.25) is 5.02 Å². The number of aryl methyl sites for hydroxylation is 1. The molecule has 2 amide bonds. The van der Waals surface area contributed by atoms with Gasteiger partial charge in [-0.2, -0.15) is 10.1 Å². The number of nitrogens with zero attached hydrogens (tertiary/aromatic N) is 3. The highest BCUT2D eigenvalue weighted by Crippen LogP contribution is 2.38. The number of aliphatic imine (C=N–C) groups is 1. The molecule has 2 heterocycles. The monoisotopic (exact) mass is 538 g/mol. The number of thioether (sulfide) groups is 1. The van der Waals surface area contributed by atoms with Crippen LogP contribution in [-0.2, 0) is 9.59 Å². The van der Waals surface area contributed by atoms with Gasteiger partial charge in [0.1, 0.15) is 16.9 Å². The minimum absolute atomic E-state index is 0.0778. The third-order valence-electron chi connectivity index (χ3n) is 6.09. The number of amidine groups is 1. The summed E-state index contributed by atoms with van der Waals surface area (Å²) in [6.07, 6.45) is 0.371. The molecule has 0 spiro atoms. The zero-order valence-corrected chi connectivity index (χ0v) is 21.2. The molecule has 3 aromatic rings. The second kappa shape index (κ2) is 10.4. The standard InChI is InChI=1S/C27H21ClF2N4O2S/c1-15-2-11-20(12-21(15)28)31-25(35)14-24-26(36)32-27(37-24)34-23(17-5-9-19(30)10-6-17)13-22(33-34)16-3-7-18(29)8-4-16/h2-12,23-24H,13-14H2,1H3,(H,31,35)/t23-,24+/m1/s1. The molecule has 0 unspecified atom stereocenters. The molecule has 0 bridgehead atoms. The summed E-state index contributed by atoms with van der Waals surface area (Å²) in [6.45, 7) is 1.86. The summed E-state index contributed by atoms with van der Waals surface area (Å²) in [4.78, 5) is 29.6. The SMILES string of the molecule is Cc1ccc(NC(=O)C[C@@H]2SC(N3N=C(c4ccc(F)cc4)C[C@@H]3c3ccc(F)cc3)=NC2=O)cc1Cl. The normalized spacial score (nSPS) is 19.1. The lowest BCUT2D eigenvalue weighted by molar-refractivity contribution is -0.121. The molecule has 2 atom stereocenters. The number of hydrazone groups is 1. The molecule has 188 valence electrons. The lowest BCUT2D eigenvalue weighted by atomic mass is 9.98. The lowest BCUT2D eigenvalue weighted by Gasteiger charge is -2.23. The predicted octanol–water partition coefficient (Wildman–Crippen LogP) is 6.10. The van der Waals surface area contributed by atoms with Gasteiger partial charge in [-0.15, -0.1) is 0 Å². The molecule has 10 heteroatoms. The molecule has 37 heavy (non-hydrogen) atoms. The number of nitrogens with one attached hydrogen (secondary N) is 1. The molecule has 0 saturated carbocycles. The van der Waals surface area contributed by atoms with Crippen molar-refractivity contribution in [2.75, 3.05) is 5.32 Å². The number of rotatable bonds is 5. The Bertz CT molecular complexity index is 1430. The minimum atomic E-state index is -0.713. The summed E-state index contributed by atoms with van der Waals surface area (Å²) in [5, 5.41) is 9.27. The van der Waals surface area contributed by atoms with Gasteiger partial charge in [-0.1, -0.05) is 53.7 Å². The second-order valence-corrected chi connectivity index (χ2v) is 10.3. The first kappa shape index (κ1) is 25.1. The van der Waals surface area contributed by atoms with Gasteiger partial charge in [-0.05, 0) is 60.0 Å². The Morgan fingerprint density at radius 3 is 2.43 bits per heavy atom. The lowest BCUT2D eigenvalue weighted by Crippen LogP contribution is -2.25. The van der Waals surface area contributed by atoms with Crippen molar-refractivity contribution in [1.29, 1.82) is 0 Å². The van der Waals surface area contributed by atoms with Crippen LogP contribution in [0.5, 0.6) is 0 Å². The van der Waals surface area contributed by atoms with Crippen LogP contribution >= 0.6 is 23.4 Å². The van der Waals surface area contributed by atoms with Crippen molar-refractivity contribution in [3.05, 3.63) is 100 Å². The van der Waals surface area contributed by atoms with E-state index in [9.17, 15) is 18.4 Å². The first-order valence-corrected chi connectivity index (χ1v) is 12.8. The Morgan fingerprint density at radius 1 is 1.08 bits per heavy atom. The van der Waals surface area contributed by atoms with Crippen LogP contribution in [0, 0.1) is 18.6 Å². The molecule has 0 aliphatic carbocycles. The first-order valence-electron chi connectivity index (χ1n) is 11.5. The minimum Gasteiger partial charge on any atom is -0.326 e. The van der Waals surface area contributed by atoms with Gasteiger partial charge < -0.3 is 5.32 Å². The molecule has 6 nitrogen and oxygen atoms in total. The number of hydrogen-bond donors (Lipinski definition) is 1. The van der Waals surface area contributed by atoms with Crippen molar-refractivity contribution in [3.8, 4) is 0 Å². The maximum absolute atomic E-state index is 13.6. The van der Waals surface area contributed by atoms with Crippen molar-refractivity contribution in [2.24, 2.45) is 10.1 Å². The smallest absolute Gasteiger partial charge is 0.262 e. The summed E-state index contributed by atoms with van der Waals surface area (Å²) in [5.74, 6) is -1.49. The third-order valence-corrected chi connectivity index (χ3v) is 7.64. The van der Waals surface area contributed by atoms with Crippen molar-refractivity contribution >= 4 is 51.7 Å². The Balaban J connectivity index is 1.34. The number of carbonyl (C=O) groups is 2. The third kappa shape index (κ3) is 5.57. The van der Waals surface area contributed by atoms with Gasteiger partial charge in [0.05, 0.1) is 11.8 Å². The van der Waals surface area contributed by atoms with Crippen LogP contribution in [-0.4, -0.2) is 33.0 Å². The molecule has 5 rings (SSSR count). The fraction of sp³-hybridized carbons (Fsp3) is 0.185. The van der Waals surface area contributed by atoms with Crippen LogP contribution in [0.4, 0.5) is 14.5 Å². The average molecular weight is 539 g/mol. The van der Waals surface area contributed by atoms with Gasteiger partial charge in [0.15, 0.2) is 5.17 Å². The number of hydrogen-bond acceptors (Lipinski definition) is 5. The van der Waals surface area contributed by atoms with E-state index >= 15 is 0 Å². The van der Waals surface area contributed by atoms with Gasteiger partial charge in [0.25, 0.3) is 5.91 Å². The fourth-order valence-corrected chi connectivity index (χ4v) is 5.35. The predicted molar refractivity (Wildman–Crippen MR) is 142 cm³/mol. The summed E-state index contributed by atoms with van der Waals surface area (Å²) in [7, 11) is 0. The maximum Gasteiger partial charge on any atom is 0.262 e. The highest BCUT2D eigenvalue weighted by atomic mass is 35.5. The maximum atomic E-state index is 13.6.